The van der Waals surface area contributed by atoms with Gasteiger partial charge in [0, 0.05) is 18.3 Å². The van der Waals surface area contributed by atoms with Crippen molar-refractivity contribution >= 4 is 34.9 Å². The first-order chi connectivity index (χ1) is 12.0. The van der Waals surface area contributed by atoms with Crippen LogP contribution in [0.4, 0.5) is 16.2 Å². The van der Waals surface area contributed by atoms with E-state index in [1.807, 2.05) is 6.92 Å². The van der Waals surface area contributed by atoms with E-state index >= 15 is 0 Å². The number of carbonyl (C=O) groups is 2. The average molecular weight is 364 g/mol. The zero-order chi connectivity index (χ0) is 17.8. The van der Waals surface area contributed by atoms with Gasteiger partial charge in [-0.05, 0) is 31.4 Å². The van der Waals surface area contributed by atoms with E-state index < -0.39 is 0 Å². The third-order valence-corrected chi connectivity index (χ3v) is 4.11. The maximum atomic E-state index is 12.0. The van der Waals surface area contributed by atoms with Gasteiger partial charge >= 0.3 is 6.03 Å². The molecule has 2 aromatic rings. The minimum absolute atomic E-state index is 0.0618. The number of hydrogen-bond acceptors (Lipinski definition) is 4. The van der Waals surface area contributed by atoms with Crippen molar-refractivity contribution in [3.63, 3.8) is 0 Å². The van der Waals surface area contributed by atoms with Crippen LogP contribution in [0, 0.1) is 6.92 Å². The molecule has 2 heterocycles. The van der Waals surface area contributed by atoms with Crippen LogP contribution < -0.4 is 20.7 Å². The lowest BCUT2D eigenvalue weighted by atomic mass is 10.1. The number of nitrogens with zero attached hydrogens (tertiary/aromatic N) is 1. The molecule has 0 aliphatic carbocycles. The number of nitrogens with one attached hydrogen (secondary N) is 4. The highest BCUT2D eigenvalue weighted by Gasteiger charge is 2.18. The maximum absolute atomic E-state index is 12.0. The predicted octanol–water partition coefficient (Wildman–Crippen LogP) is 2.46. The number of H-pyrrole nitrogens is 1. The van der Waals surface area contributed by atoms with Crippen LogP contribution in [0.5, 0.6) is 5.75 Å². The van der Waals surface area contributed by atoms with Crippen molar-refractivity contribution in [1.82, 2.24) is 15.5 Å². The molecule has 1 aliphatic heterocycles. The Balaban J connectivity index is 1.51. The normalized spacial score (nSPS) is 12.8. The first-order valence-electron chi connectivity index (χ1n) is 7.83. The second-order valence-electron chi connectivity index (χ2n) is 5.67. The van der Waals surface area contributed by atoms with Crippen molar-refractivity contribution in [1.29, 1.82) is 0 Å². The Labute approximate surface area is 149 Å². The molecule has 1 aliphatic rings. The van der Waals surface area contributed by atoms with Gasteiger partial charge in [0.15, 0.2) is 6.61 Å². The lowest BCUT2D eigenvalue weighted by Crippen LogP contribution is -2.30. The third-order valence-electron chi connectivity index (χ3n) is 3.79. The molecular weight excluding hydrogens is 346 g/mol. The summed E-state index contributed by atoms with van der Waals surface area (Å²) in [5, 5.41) is 15.3. The van der Waals surface area contributed by atoms with E-state index in [2.05, 4.69) is 26.1 Å². The number of carbonyl (C=O) groups excluding carboxylic acids is 2. The number of halogens is 1. The summed E-state index contributed by atoms with van der Waals surface area (Å²) in [5.41, 5.74) is 3.08. The van der Waals surface area contributed by atoms with Crippen molar-refractivity contribution in [2.75, 3.05) is 23.8 Å². The highest BCUT2D eigenvalue weighted by Crippen LogP contribution is 2.36. The average Bonchev–Trinajstić information content (AvgIpc) is 2.98. The summed E-state index contributed by atoms with van der Waals surface area (Å²) < 4.78 is 5.31. The molecule has 9 heteroatoms. The summed E-state index contributed by atoms with van der Waals surface area (Å²) in [6, 6.07) is 2.78. The number of anilines is 2. The van der Waals surface area contributed by atoms with Crippen molar-refractivity contribution in [2.45, 2.75) is 19.8 Å². The SMILES string of the molecule is Cc1[nH]ncc1CCCNC(=O)Nc1cc2c(cc1Cl)NC(=O)CO2. The second-order valence-corrected chi connectivity index (χ2v) is 6.08. The van der Waals surface area contributed by atoms with E-state index in [9.17, 15) is 9.59 Å². The van der Waals surface area contributed by atoms with Crippen LogP contribution in [0.25, 0.3) is 0 Å². The Hall–Kier alpha value is -2.74. The molecule has 0 unspecified atom stereocenters. The summed E-state index contributed by atoms with van der Waals surface area (Å²) in [4.78, 5) is 23.3. The Kier molecular flexibility index (Phi) is 5.08. The molecule has 0 fully saturated rings. The van der Waals surface area contributed by atoms with Gasteiger partial charge in [-0.25, -0.2) is 4.79 Å². The number of hydrogen-bond donors (Lipinski definition) is 4. The van der Waals surface area contributed by atoms with E-state index in [4.69, 9.17) is 16.3 Å². The van der Waals surface area contributed by atoms with Gasteiger partial charge in [0.2, 0.25) is 0 Å². The summed E-state index contributed by atoms with van der Waals surface area (Å²) in [6.45, 7) is 2.42. The first kappa shape index (κ1) is 17.1. The molecule has 0 saturated carbocycles. The number of aryl methyl sites for hydroxylation is 2. The van der Waals surface area contributed by atoms with Crippen LogP contribution in [0.1, 0.15) is 17.7 Å². The number of aromatic nitrogens is 2. The highest BCUT2D eigenvalue weighted by molar-refractivity contribution is 6.34. The molecule has 0 saturated heterocycles. The number of fused-ring (bicyclic) bond motifs is 1. The molecule has 4 N–H and O–H groups in total. The van der Waals surface area contributed by atoms with E-state index in [1.165, 1.54) is 0 Å². The van der Waals surface area contributed by atoms with Crippen LogP contribution >= 0.6 is 11.6 Å². The zero-order valence-corrected chi connectivity index (χ0v) is 14.4. The molecule has 0 atom stereocenters. The van der Waals surface area contributed by atoms with Crippen LogP contribution in [0.3, 0.4) is 0 Å². The fourth-order valence-electron chi connectivity index (χ4n) is 2.47. The fraction of sp³-hybridized carbons (Fsp3) is 0.312. The number of aromatic amines is 1. The van der Waals surface area contributed by atoms with Crippen LogP contribution in [0.15, 0.2) is 18.3 Å². The molecule has 1 aromatic carbocycles. The van der Waals surface area contributed by atoms with Crippen LogP contribution in [-0.2, 0) is 11.2 Å². The topological polar surface area (TPSA) is 108 Å². The van der Waals surface area contributed by atoms with E-state index in [-0.39, 0.29) is 18.5 Å². The molecule has 1 aromatic heterocycles. The van der Waals surface area contributed by atoms with Crippen molar-refractivity contribution < 1.29 is 14.3 Å². The minimum Gasteiger partial charge on any atom is -0.482 e. The molecule has 8 nitrogen and oxygen atoms in total. The quantitative estimate of drug-likeness (QED) is 0.612. The molecule has 0 radical (unpaired) electrons. The van der Waals surface area contributed by atoms with Gasteiger partial charge in [-0.2, -0.15) is 5.10 Å². The summed E-state index contributed by atoms with van der Waals surface area (Å²) in [5.74, 6) is 0.226. The fourth-order valence-corrected chi connectivity index (χ4v) is 2.68. The Morgan fingerprint density at radius 2 is 2.28 bits per heavy atom. The Morgan fingerprint density at radius 3 is 3.04 bits per heavy atom. The third kappa shape index (κ3) is 4.21. The van der Waals surface area contributed by atoms with Crippen molar-refractivity contribution in [2.24, 2.45) is 0 Å². The molecule has 0 spiro atoms. The number of urea groups is 1. The van der Waals surface area contributed by atoms with Gasteiger partial charge in [-0.15, -0.1) is 0 Å². The second kappa shape index (κ2) is 7.43. The van der Waals surface area contributed by atoms with Gasteiger partial charge in [0.05, 0.1) is 22.6 Å². The Morgan fingerprint density at radius 1 is 1.44 bits per heavy atom. The lowest BCUT2D eigenvalue weighted by molar-refractivity contribution is -0.118. The molecule has 132 valence electrons. The van der Waals surface area contributed by atoms with Crippen LogP contribution in [0.2, 0.25) is 5.02 Å². The van der Waals surface area contributed by atoms with Gasteiger partial charge in [0.25, 0.3) is 5.91 Å². The van der Waals surface area contributed by atoms with Gasteiger partial charge in [-0.1, -0.05) is 11.6 Å². The monoisotopic (exact) mass is 363 g/mol. The number of amides is 3. The van der Waals surface area contributed by atoms with E-state index in [0.717, 1.165) is 24.1 Å². The molecule has 25 heavy (non-hydrogen) atoms. The van der Waals surface area contributed by atoms with Crippen LogP contribution in [-0.4, -0.2) is 35.3 Å². The smallest absolute Gasteiger partial charge is 0.319 e. The summed E-state index contributed by atoms with van der Waals surface area (Å²) in [7, 11) is 0. The van der Waals surface area contributed by atoms with Gasteiger partial charge in [-0.3, -0.25) is 9.89 Å². The molecule has 3 rings (SSSR count). The minimum atomic E-state index is -0.356. The first-order valence-corrected chi connectivity index (χ1v) is 8.20. The maximum Gasteiger partial charge on any atom is 0.319 e. The largest absolute Gasteiger partial charge is 0.482 e. The number of benzene rings is 1. The van der Waals surface area contributed by atoms with E-state index in [1.54, 1.807) is 18.3 Å². The summed E-state index contributed by atoms with van der Waals surface area (Å²) in [6.07, 6.45) is 3.41. The summed E-state index contributed by atoms with van der Waals surface area (Å²) >= 11 is 6.14. The predicted molar refractivity (Wildman–Crippen MR) is 94.2 cm³/mol. The highest BCUT2D eigenvalue weighted by atomic mass is 35.5. The van der Waals surface area contributed by atoms with Gasteiger partial charge < -0.3 is 20.7 Å². The zero-order valence-electron chi connectivity index (χ0n) is 13.6. The molecule has 3 amide bonds. The number of rotatable bonds is 5. The van der Waals surface area contributed by atoms with Crippen molar-refractivity contribution in [3.8, 4) is 5.75 Å². The van der Waals surface area contributed by atoms with Crippen molar-refractivity contribution in [3.05, 3.63) is 34.6 Å². The standard InChI is InChI=1S/C16H18ClN5O3/c1-9-10(7-19-22-9)3-2-4-18-16(24)21-12-6-14-13(5-11(12)17)20-15(23)8-25-14/h5-7H,2-4,8H2,1H3,(H,19,22)(H,20,23)(H2,18,21,24). The molecule has 0 bridgehead atoms. The van der Waals surface area contributed by atoms with Gasteiger partial charge in [0.1, 0.15) is 5.75 Å². The lowest BCUT2D eigenvalue weighted by Gasteiger charge is -2.19. The number of ether oxygens (including phenoxy) is 1. The molecular formula is C16H18ClN5O3. The van der Waals surface area contributed by atoms with E-state index in [0.29, 0.717) is 28.7 Å². The Bertz CT molecular complexity index is 805.